The number of hydrogen-bond donors (Lipinski definition) is 0. The number of nitrogens with zero attached hydrogens (tertiary/aromatic N) is 2. The van der Waals surface area contributed by atoms with Crippen LogP contribution >= 0.6 is 11.3 Å². The minimum Gasteiger partial charge on any atom is -0.378 e. The Labute approximate surface area is 151 Å². The quantitative estimate of drug-likeness (QED) is 0.667. The van der Waals surface area contributed by atoms with Crippen LogP contribution in [0.3, 0.4) is 0 Å². The van der Waals surface area contributed by atoms with Crippen LogP contribution in [-0.4, -0.2) is 37.1 Å². The lowest BCUT2D eigenvalue weighted by Gasteiger charge is -2.26. The Morgan fingerprint density at radius 2 is 1.92 bits per heavy atom. The third kappa shape index (κ3) is 3.43. The van der Waals surface area contributed by atoms with Crippen molar-refractivity contribution >= 4 is 33.0 Å². The maximum atomic E-state index is 12.1. The van der Waals surface area contributed by atoms with E-state index in [4.69, 9.17) is 9.72 Å². The Morgan fingerprint density at radius 1 is 1.16 bits per heavy atom. The molecule has 0 spiro atoms. The summed E-state index contributed by atoms with van der Waals surface area (Å²) >= 11 is 1.51. The maximum Gasteiger partial charge on any atom is 0.186 e. The van der Waals surface area contributed by atoms with Crippen molar-refractivity contribution in [2.75, 3.05) is 31.2 Å². The van der Waals surface area contributed by atoms with Gasteiger partial charge >= 0.3 is 0 Å². The molecule has 0 radical (unpaired) electrons. The largest absolute Gasteiger partial charge is 0.378 e. The molecular weight excluding hydrogens is 332 g/mol. The van der Waals surface area contributed by atoms with E-state index >= 15 is 0 Å². The summed E-state index contributed by atoms with van der Waals surface area (Å²) in [6.45, 7) is 4.73. The van der Waals surface area contributed by atoms with E-state index in [0.29, 0.717) is 6.42 Å². The molecule has 0 N–H and O–H groups in total. The molecule has 1 aliphatic rings. The highest BCUT2D eigenvalue weighted by atomic mass is 32.1. The molecule has 0 saturated carbocycles. The molecule has 3 aromatic rings. The zero-order chi connectivity index (χ0) is 17.2. The van der Waals surface area contributed by atoms with Crippen molar-refractivity contribution in [3.8, 4) is 0 Å². The topological polar surface area (TPSA) is 42.4 Å². The summed E-state index contributed by atoms with van der Waals surface area (Å²) < 4.78 is 5.41. The van der Waals surface area contributed by atoms with Gasteiger partial charge in [-0.3, -0.25) is 4.79 Å². The number of ether oxygens (including phenoxy) is 1. The monoisotopic (exact) mass is 352 g/mol. The molecule has 2 aromatic carbocycles. The third-order valence-corrected chi connectivity index (χ3v) is 5.73. The lowest BCUT2D eigenvalue weighted by molar-refractivity contribution is 0.102. The van der Waals surface area contributed by atoms with E-state index in [1.807, 2.05) is 12.1 Å². The molecular formula is C20H20N2O2S. The second-order valence-electron chi connectivity index (χ2n) is 6.29. The number of morpholine rings is 1. The summed E-state index contributed by atoms with van der Waals surface area (Å²) in [5.74, 6) is 0.0906. The lowest BCUT2D eigenvalue weighted by atomic mass is 10.0. The number of aromatic nitrogens is 1. The molecule has 0 aliphatic carbocycles. The SMILES string of the molecule is CC(=O)c1sc(N2CCOCC2)nc1Cc1ccc2ccccc2c1. The number of benzene rings is 2. The summed E-state index contributed by atoms with van der Waals surface area (Å²) in [5.41, 5.74) is 2.06. The zero-order valence-electron chi connectivity index (χ0n) is 14.2. The first kappa shape index (κ1) is 16.2. The predicted octanol–water partition coefficient (Wildman–Crippen LogP) is 3.93. The van der Waals surface area contributed by atoms with Crippen molar-refractivity contribution < 1.29 is 9.53 Å². The third-order valence-electron chi connectivity index (χ3n) is 4.47. The Morgan fingerprint density at radius 3 is 2.68 bits per heavy atom. The number of Topliss-reactive ketones (excluding diaryl/α,β-unsaturated/α-hetero) is 1. The van der Waals surface area contributed by atoms with Gasteiger partial charge in [0, 0.05) is 26.4 Å². The molecule has 0 amide bonds. The molecule has 0 atom stereocenters. The standard InChI is InChI=1S/C20H20N2O2S/c1-14(23)19-18(21-20(25-19)22-8-10-24-11-9-22)13-15-6-7-16-4-2-3-5-17(16)12-15/h2-7,12H,8-11,13H2,1H3. The van der Waals surface area contributed by atoms with Gasteiger partial charge in [-0.2, -0.15) is 0 Å². The van der Waals surface area contributed by atoms with Crippen molar-refractivity contribution in [2.45, 2.75) is 13.3 Å². The van der Waals surface area contributed by atoms with Gasteiger partial charge in [0.1, 0.15) is 0 Å². The van der Waals surface area contributed by atoms with Crippen LogP contribution < -0.4 is 4.90 Å². The predicted molar refractivity (Wildman–Crippen MR) is 102 cm³/mol. The van der Waals surface area contributed by atoms with Crippen molar-refractivity contribution in [3.05, 3.63) is 58.6 Å². The molecule has 0 bridgehead atoms. The first-order valence-corrected chi connectivity index (χ1v) is 9.33. The zero-order valence-corrected chi connectivity index (χ0v) is 15.0. The van der Waals surface area contributed by atoms with Gasteiger partial charge in [0.15, 0.2) is 10.9 Å². The summed E-state index contributed by atoms with van der Waals surface area (Å²) in [6, 6.07) is 14.8. The highest BCUT2D eigenvalue weighted by Gasteiger charge is 2.20. The van der Waals surface area contributed by atoms with Crippen molar-refractivity contribution in [2.24, 2.45) is 0 Å². The van der Waals surface area contributed by atoms with Gasteiger partial charge in [0.2, 0.25) is 0 Å². The number of hydrogen-bond acceptors (Lipinski definition) is 5. The number of rotatable bonds is 4. The van der Waals surface area contributed by atoms with Gasteiger partial charge in [-0.25, -0.2) is 4.98 Å². The van der Waals surface area contributed by atoms with Crippen molar-refractivity contribution in [3.63, 3.8) is 0 Å². The van der Waals surface area contributed by atoms with Gasteiger partial charge < -0.3 is 9.64 Å². The minimum absolute atomic E-state index is 0.0906. The first-order valence-electron chi connectivity index (χ1n) is 8.52. The van der Waals surface area contributed by atoms with E-state index in [2.05, 4.69) is 35.2 Å². The Hall–Kier alpha value is -2.24. The van der Waals surface area contributed by atoms with Crippen LogP contribution in [0.2, 0.25) is 0 Å². The van der Waals surface area contributed by atoms with Crippen LogP contribution in [0.25, 0.3) is 10.8 Å². The number of carbonyl (C=O) groups excluding carboxylic acids is 1. The van der Waals surface area contributed by atoms with Crippen LogP contribution in [0.15, 0.2) is 42.5 Å². The van der Waals surface area contributed by atoms with E-state index in [0.717, 1.165) is 42.0 Å². The molecule has 4 nitrogen and oxygen atoms in total. The van der Waals surface area contributed by atoms with Crippen LogP contribution in [-0.2, 0) is 11.2 Å². The number of anilines is 1. The Bertz CT molecular complexity index is 913. The molecule has 1 saturated heterocycles. The van der Waals surface area contributed by atoms with Crippen LogP contribution in [0.5, 0.6) is 0 Å². The summed E-state index contributed by atoms with van der Waals surface area (Å²) in [7, 11) is 0. The fourth-order valence-corrected chi connectivity index (χ4v) is 4.20. The van der Waals surface area contributed by atoms with Crippen LogP contribution in [0.4, 0.5) is 5.13 Å². The Kier molecular flexibility index (Phi) is 4.51. The van der Waals surface area contributed by atoms with E-state index in [1.165, 1.54) is 27.7 Å². The van der Waals surface area contributed by atoms with Gasteiger partial charge in [0.05, 0.1) is 23.8 Å². The van der Waals surface area contributed by atoms with E-state index in [1.54, 1.807) is 6.92 Å². The van der Waals surface area contributed by atoms with Crippen molar-refractivity contribution in [1.82, 2.24) is 4.98 Å². The molecule has 2 heterocycles. The number of thiazole rings is 1. The second kappa shape index (κ2) is 6.94. The van der Waals surface area contributed by atoms with Gasteiger partial charge in [-0.05, 0) is 16.3 Å². The van der Waals surface area contributed by atoms with Gasteiger partial charge in [-0.1, -0.05) is 53.8 Å². The number of carbonyl (C=O) groups is 1. The van der Waals surface area contributed by atoms with Crippen LogP contribution in [0, 0.1) is 0 Å². The van der Waals surface area contributed by atoms with Crippen molar-refractivity contribution in [1.29, 1.82) is 0 Å². The summed E-state index contributed by atoms with van der Waals surface area (Å²) in [4.78, 5) is 19.9. The number of fused-ring (bicyclic) bond motifs is 1. The van der Waals surface area contributed by atoms with E-state index in [-0.39, 0.29) is 5.78 Å². The maximum absolute atomic E-state index is 12.1. The average Bonchev–Trinajstić information content (AvgIpc) is 3.06. The second-order valence-corrected chi connectivity index (χ2v) is 7.26. The smallest absolute Gasteiger partial charge is 0.186 e. The summed E-state index contributed by atoms with van der Waals surface area (Å²) in [5, 5.41) is 3.38. The Balaban J connectivity index is 1.65. The highest BCUT2D eigenvalue weighted by Crippen LogP contribution is 2.29. The fourth-order valence-electron chi connectivity index (χ4n) is 3.17. The molecule has 5 heteroatoms. The minimum atomic E-state index is 0.0906. The molecule has 1 aliphatic heterocycles. The normalized spacial score (nSPS) is 14.8. The lowest BCUT2D eigenvalue weighted by Crippen LogP contribution is -2.36. The van der Waals surface area contributed by atoms with Gasteiger partial charge in [-0.15, -0.1) is 0 Å². The van der Waals surface area contributed by atoms with Gasteiger partial charge in [0.25, 0.3) is 0 Å². The van der Waals surface area contributed by atoms with Crippen LogP contribution in [0.1, 0.15) is 27.9 Å². The molecule has 128 valence electrons. The van der Waals surface area contributed by atoms with E-state index in [9.17, 15) is 4.79 Å². The average molecular weight is 352 g/mol. The molecule has 25 heavy (non-hydrogen) atoms. The highest BCUT2D eigenvalue weighted by molar-refractivity contribution is 7.17. The molecule has 4 rings (SSSR count). The van der Waals surface area contributed by atoms with E-state index < -0.39 is 0 Å². The fraction of sp³-hybridized carbons (Fsp3) is 0.300. The summed E-state index contributed by atoms with van der Waals surface area (Å²) in [6.07, 6.45) is 0.681. The molecule has 1 aromatic heterocycles. The molecule has 0 unspecified atom stereocenters. The molecule has 1 fully saturated rings. The number of ketones is 1. The first-order chi connectivity index (χ1) is 12.2.